The van der Waals surface area contributed by atoms with Crippen molar-refractivity contribution in [3.05, 3.63) is 30.5 Å². The van der Waals surface area contributed by atoms with Crippen LogP contribution in [-0.4, -0.2) is 62.5 Å². The van der Waals surface area contributed by atoms with E-state index in [1.165, 1.54) is 6.33 Å². The summed E-state index contributed by atoms with van der Waals surface area (Å²) in [7, 11) is 4.03. The molecule has 0 radical (unpaired) electrons. The lowest BCUT2D eigenvalue weighted by Gasteiger charge is -2.12. The summed E-state index contributed by atoms with van der Waals surface area (Å²) in [4.78, 5) is 26.2. The van der Waals surface area contributed by atoms with E-state index in [1.807, 2.05) is 14.1 Å². The monoisotopic (exact) mass is 314 g/mol. The van der Waals surface area contributed by atoms with Crippen molar-refractivity contribution >= 4 is 28.3 Å². The van der Waals surface area contributed by atoms with Crippen molar-refractivity contribution in [1.82, 2.24) is 24.3 Å². The summed E-state index contributed by atoms with van der Waals surface area (Å²) in [6.07, 6.45) is 5.73. The molecule has 0 bridgehead atoms. The zero-order valence-electron chi connectivity index (χ0n) is 13.0. The Morgan fingerprint density at radius 1 is 1.43 bits per heavy atom. The highest BCUT2D eigenvalue weighted by Crippen LogP contribution is 2.24. The molecule has 3 rings (SSSR count). The zero-order chi connectivity index (χ0) is 16.4. The molecule has 120 valence electrons. The second kappa shape index (κ2) is 6.17. The number of carbonyl (C=O) groups is 1. The summed E-state index contributed by atoms with van der Waals surface area (Å²) in [5.41, 5.74) is 1.90. The molecule has 0 atom stereocenters. The molecule has 0 aliphatic heterocycles. The third kappa shape index (κ3) is 2.93. The molecule has 0 saturated carbocycles. The molecule has 0 fully saturated rings. The Hall–Kier alpha value is -2.74. The van der Waals surface area contributed by atoms with E-state index >= 15 is 0 Å². The molecule has 3 heterocycles. The summed E-state index contributed by atoms with van der Waals surface area (Å²) in [6.45, 7) is 1.63. The fourth-order valence-corrected chi connectivity index (χ4v) is 2.47. The van der Waals surface area contributed by atoms with Gasteiger partial charge in [0.15, 0.2) is 11.5 Å². The Morgan fingerprint density at radius 2 is 2.26 bits per heavy atom. The van der Waals surface area contributed by atoms with Gasteiger partial charge in [-0.05, 0) is 33.1 Å². The molecular formula is C15H18N6O2. The van der Waals surface area contributed by atoms with Gasteiger partial charge in [0.2, 0.25) is 0 Å². The van der Waals surface area contributed by atoms with E-state index in [4.69, 9.17) is 0 Å². The molecule has 8 nitrogen and oxygen atoms in total. The number of pyridine rings is 1. The van der Waals surface area contributed by atoms with E-state index < -0.39 is 5.97 Å². The van der Waals surface area contributed by atoms with Crippen LogP contribution in [0.4, 0.5) is 5.82 Å². The smallest absolute Gasteiger partial charge is 0.356 e. The predicted molar refractivity (Wildman–Crippen MR) is 86.9 cm³/mol. The average molecular weight is 314 g/mol. The van der Waals surface area contributed by atoms with Gasteiger partial charge in [0, 0.05) is 12.7 Å². The highest BCUT2D eigenvalue weighted by molar-refractivity contribution is 5.99. The van der Waals surface area contributed by atoms with Gasteiger partial charge in [-0.3, -0.25) is 9.38 Å². The third-order valence-electron chi connectivity index (χ3n) is 3.54. The Labute approximate surface area is 132 Å². The molecular weight excluding hydrogens is 296 g/mol. The maximum absolute atomic E-state index is 11.4. The van der Waals surface area contributed by atoms with E-state index in [0.29, 0.717) is 17.9 Å². The van der Waals surface area contributed by atoms with Gasteiger partial charge in [-0.15, -0.1) is 0 Å². The molecule has 3 aromatic rings. The second-order valence-electron chi connectivity index (χ2n) is 5.53. The van der Waals surface area contributed by atoms with Crippen LogP contribution < -0.4 is 5.32 Å². The number of rotatable bonds is 6. The van der Waals surface area contributed by atoms with Crippen molar-refractivity contribution in [2.24, 2.45) is 0 Å². The van der Waals surface area contributed by atoms with Gasteiger partial charge in [-0.1, -0.05) is 0 Å². The number of carboxylic acids is 1. The first-order chi connectivity index (χ1) is 11.1. The number of fused-ring (bicyclic) bond motifs is 3. The largest absolute Gasteiger partial charge is 0.476 e. The summed E-state index contributed by atoms with van der Waals surface area (Å²) in [5.74, 6) is -0.550. The number of nitrogens with one attached hydrogen (secondary N) is 1. The minimum absolute atomic E-state index is 0.0154. The lowest BCUT2D eigenvalue weighted by Crippen LogP contribution is -2.17. The molecule has 3 aromatic heterocycles. The molecule has 0 aliphatic carbocycles. The van der Waals surface area contributed by atoms with Gasteiger partial charge in [0.05, 0.1) is 17.2 Å². The van der Waals surface area contributed by atoms with Crippen LogP contribution in [0.15, 0.2) is 24.8 Å². The zero-order valence-corrected chi connectivity index (χ0v) is 13.0. The number of aromatic nitrogens is 4. The van der Waals surface area contributed by atoms with E-state index in [0.717, 1.165) is 24.0 Å². The minimum Gasteiger partial charge on any atom is -0.476 e. The van der Waals surface area contributed by atoms with Crippen LogP contribution >= 0.6 is 0 Å². The molecule has 23 heavy (non-hydrogen) atoms. The summed E-state index contributed by atoms with van der Waals surface area (Å²) in [6, 6.07) is 1.79. The molecule has 8 heteroatoms. The van der Waals surface area contributed by atoms with Crippen molar-refractivity contribution in [1.29, 1.82) is 0 Å². The third-order valence-corrected chi connectivity index (χ3v) is 3.54. The maximum Gasteiger partial charge on any atom is 0.356 e. The van der Waals surface area contributed by atoms with Gasteiger partial charge < -0.3 is 15.3 Å². The van der Waals surface area contributed by atoms with Gasteiger partial charge in [-0.2, -0.15) is 0 Å². The SMILES string of the molecule is CN(C)CCCNc1nc2ccncc2n2cnc(C(=O)O)c12. The Kier molecular flexibility index (Phi) is 4.07. The number of nitrogens with zero attached hydrogens (tertiary/aromatic N) is 5. The van der Waals surface area contributed by atoms with Crippen LogP contribution in [0.1, 0.15) is 16.9 Å². The van der Waals surface area contributed by atoms with Crippen molar-refractivity contribution in [3.63, 3.8) is 0 Å². The Morgan fingerprint density at radius 3 is 3.00 bits per heavy atom. The summed E-state index contributed by atoms with van der Waals surface area (Å²) >= 11 is 0. The predicted octanol–water partition coefficient (Wildman–Crippen LogP) is 1.34. The molecule has 0 saturated heterocycles. The second-order valence-corrected chi connectivity index (χ2v) is 5.53. The fraction of sp³-hybridized carbons (Fsp3) is 0.333. The van der Waals surface area contributed by atoms with Crippen LogP contribution in [0.2, 0.25) is 0 Å². The highest BCUT2D eigenvalue weighted by atomic mass is 16.4. The van der Waals surface area contributed by atoms with Crippen LogP contribution in [0.5, 0.6) is 0 Å². The van der Waals surface area contributed by atoms with Gasteiger partial charge >= 0.3 is 5.97 Å². The quantitative estimate of drug-likeness (QED) is 0.663. The first-order valence-electron chi connectivity index (χ1n) is 7.30. The molecule has 2 N–H and O–H groups in total. The number of carboxylic acid groups (broad SMARTS) is 1. The van der Waals surface area contributed by atoms with Gasteiger partial charge in [-0.25, -0.2) is 14.8 Å². The van der Waals surface area contributed by atoms with Gasteiger partial charge in [0.25, 0.3) is 0 Å². The van der Waals surface area contributed by atoms with Crippen LogP contribution in [0.25, 0.3) is 16.6 Å². The normalized spacial score (nSPS) is 11.4. The molecule has 0 aromatic carbocycles. The lowest BCUT2D eigenvalue weighted by atomic mass is 10.3. The summed E-state index contributed by atoms with van der Waals surface area (Å²) in [5, 5.41) is 12.6. The number of aromatic carboxylic acids is 1. The van der Waals surface area contributed by atoms with Crippen LogP contribution in [-0.2, 0) is 0 Å². The average Bonchev–Trinajstić information content (AvgIpc) is 2.97. The van der Waals surface area contributed by atoms with Crippen molar-refractivity contribution in [2.75, 3.05) is 32.5 Å². The Balaban J connectivity index is 2.05. The van der Waals surface area contributed by atoms with Crippen molar-refractivity contribution < 1.29 is 9.90 Å². The number of hydrogen-bond acceptors (Lipinski definition) is 6. The molecule has 0 unspecified atom stereocenters. The molecule has 0 amide bonds. The minimum atomic E-state index is -1.08. The van der Waals surface area contributed by atoms with Crippen LogP contribution in [0.3, 0.4) is 0 Å². The van der Waals surface area contributed by atoms with Crippen LogP contribution in [0, 0.1) is 0 Å². The first-order valence-corrected chi connectivity index (χ1v) is 7.30. The first kappa shape index (κ1) is 15.2. The van der Waals surface area contributed by atoms with Gasteiger partial charge in [0.1, 0.15) is 11.8 Å². The summed E-state index contributed by atoms with van der Waals surface area (Å²) < 4.78 is 1.72. The topological polar surface area (TPSA) is 95.6 Å². The Bertz CT molecular complexity index is 858. The van der Waals surface area contributed by atoms with Crippen molar-refractivity contribution in [2.45, 2.75) is 6.42 Å². The van der Waals surface area contributed by atoms with E-state index in [9.17, 15) is 9.90 Å². The fourth-order valence-electron chi connectivity index (χ4n) is 2.47. The number of hydrogen-bond donors (Lipinski definition) is 2. The molecule has 0 aliphatic rings. The number of anilines is 1. The lowest BCUT2D eigenvalue weighted by molar-refractivity contribution is 0.0693. The van der Waals surface area contributed by atoms with E-state index in [2.05, 4.69) is 25.2 Å². The standard InChI is InChI=1S/C15H18N6O2/c1-20(2)7-3-5-17-14-13-12(15(22)23)18-9-21(13)11-8-16-6-4-10(11)19-14/h4,6,8-9H,3,5,7H2,1-2H3,(H,17,19)(H,22,23). The van der Waals surface area contributed by atoms with E-state index in [-0.39, 0.29) is 5.69 Å². The number of imidazole rings is 1. The van der Waals surface area contributed by atoms with E-state index in [1.54, 1.807) is 22.9 Å². The molecule has 0 spiro atoms. The van der Waals surface area contributed by atoms with Crippen molar-refractivity contribution in [3.8, 4) is 0 Å². The highest BCUT2D eigenvalue weighted by Gasteiger charge is 2.18. The maximum atomic E-state index is 11.4.